The van der Waals surface area contributed by atoms with Gasteiger partial charge in [-0.05, 0) is 36.2 Å². The molecular weight excluding hydrogens is 319 g/mol. The normalized spacial score (nSPS) is 13.6. The Morgan fingerprint density at radius 3 is 2.64 bits per heavy atom. The van der Waals surface area contributed by atoms with Crippen LogP contribution in [0.4, 0.5) is 4.39 Å². The molecule has 1 aliphatic rings. The highest BCUT2D eigenvalue weighted by Crippen LogP contribution is 2.30. The van der Waals surface area contributed by atoms with Gasteiger partial charge in [0.15, 0.2) is 5.76 Å². The first-order chi connectivity index (χ1) is 12.2. The zero-order chi connectivity index (χ0) is 17.2. The van der Waals surface area contributed by atoms with Crippen molar-refractivity contribution in [2.24, 2.45) is 0 Å². The summed E-state index contributed by atoms with van der Waals surface area (Å²) in [5.41, 5.74) is 3.60. The maximum Gasteiger partial charge on any atom is 0.227 e. The largest absolute Gasteiger partial charge is 0.356 e. The molecule has 2 aromatic carbocycles. The van der Waals surface area contributed by atoms with E-state index in [4.69, 9.17) is 4.52 Å². The fourth-order valence-corrected chi connectivity index (χ4v) is 3.15. The van der Waals surface area contributed by atoms with E-state index in [1.54, 1.807) is 12.1 Å². The SMILES string of the molecule is O=C(Cc1ccccc1)N1CCc2c(noc2-c2ccc(F)cc2)C1. The van der Waals surface area contributed by atoms with Gasteiger partial charge in [0.05, 0.1) is 13.0 Å². The van der Waals surface area contributed by atoms with Crippen LogP contribution in [0.2, 0.25) is 0 Å². The lowest BCUT2D eigenvalue weighted by Crippen LogP contribution is -2.36. The molecule has 0 saturated carbocycles. The monoisotopic (exact) mass is 336 g/mol. The minimum absolute atomic E-state index is 0.0863. The Kier molecular flexibility index (Phi) is 4.06. The summed E-state index contributed by atoms with van der Waals surface area (Å²) in [4.78, 5) is 14.3. The average molecular weight is 336 g/mol. The second kappa shape index (κ2) is 6.51. The molecule has 0 atom stereocenters. The number of carbonyl (C=O) groups is 1. The summed E-state index contributed by atoms with van der Waals surface area (Å²) in [7, 11) is 0. The fourth-order valence-electron chi connectivity index (χ4n) is 3.15. The van der Waals surface area contributed by atoms with Gasteiger partial charge in [-0.15, -0.1) is 0 Å². The highest BCUT2D eigenvalue weighted by Gasteiger charge is 2.27. The molecule has 0 radical (unpaired) electrons. The number of halogens is 1. The lowest BCUT2D eigenvalue weighted by molar-refractivity contribution is -0.131. The van der Waals surface area contributed by atoms with Crippen molar-refractivity contribution in [1.29, 1.82) is 0 Å². The Labute approximate surface area is 144 Å². The van der Waals surface area contributed by atoms with Crippen LogP contribution in [-0.4, -0.2) is 22.5 Å². The number of rotatable bonds is 3. The minimum Gasteiger partial charge on any atom is -0.356 e. The summed E-state index contributed by atoms with van der Waals surface area (Å²) in [6, 6.07) is 15.9. The lowest BCUT2D eigenvalue weighted by Gasteiger charge is -2.26. The van der Waals surface area contributed by atoms with Gasteiger partial charge >= 0.3 is 0 Å². The molecular formula is C20H17FN2O2. The van der Waals surface area contributed by atoms with Crippen LogP contribution < -0.4 is 0 Å². The van der Waals surface area contributed by atoms with Gasteiger partial charge in [0.2, 0.25) is 5.91 Å². The van der Waals surface area contributed by atoms with E-state index >= 15 is 0 Å². The molecule has 5 heteroatoms. The van der Waals surface area contributed by atoms with Crippen molar-refractivity contribution in [2.75, 3.05) is 6.54 Å². The van der Waals surface area contributed by atoms with Crippen LogP contribution in [0.25, 0.3) is 11.3 Å². The molecule has 0 bridgehead atoms. The summed E-state index contributed by atoms with van der Waals surface area (Å²) < 4.78 is 18.6. The summed E-state index contributed by atoms with van der Waals surface area (Å²) in [6.45, 7) is 1.08. The van der Waals surface area contributed by atoms with Gasteiger partial charge in [0.1, 0.15) is 11.5 Å². The second-order valence-electron chi connectivity index (χ2n) is 6.17. The highest BCUT2D eigenvalue weighted by atomic mass is 19.1. The predicted octanol–water partition coefficient (Wildman–Crippen LogP) is 3.61. The van der Waals surface area contributed by atoms with E-state index in [0.29, 0.717) is 31.7 Å². The molecule has 1 amide bonds. The number of hydrogen-bond donors (Lipinski definition) is 0. The number of fused-ring (bicyclic) bond motifs is 1. The van der Waals surface area contributed by atoms with Gasteiger partial charge < -0.3 is 9.42 Å². The van der Waals surface area contributed by atoms with E-state index in [0.717, 1.165) is 22.4 Å². The molecule has 0 fully saturated rings. The molecule has 0 N–H and O–H groups in total. The van der Waals surface area contributed by atoms with Gasteiger partial charge in [-0.1, -0.05) is 35.5 Å². The van der Waals surface area contributed by atoms with Gasteiger partial charge in [-0.25, -0.2) is 4.39 Å². The van der Waals surface area contributed by atoms with Crippen molar-refractivity contribution in [3.8, 4) is 11.3 Å². The van der Waals surface area contributed by atoms with E-state index in [2.05, 4.69) is 5.16 Å². The molecule has 0 aliphatic carbocycles. The molecule has 3 aromatic rings. The first-order valence-electron chi connectivity index (χ1n) is 8.26. The van der Waals surface area contributed by atoms with Crippen molar-refractivity contribution in [3.05, 3.63) is 77.2 Å². The Hall–Kier alpha value is -2.95. The van der Waals surface area contributed by atoms with Crippen molar-refractivity contribution < 1.29 is 13.7 Å². The molecule has 4 rings (SSSR count). The Balaban J connectivity index is 1.51. The summed E-state index contributed by atoms with van der Waals surface area (Å²) >= 11 is 0. The third-order valence-electron chi connectivity index (χ3n) is 4.50. The molecule has 1 aliphatic heterocycles. The Morgan fingerprint density at radius 1 is 1.12 bits per heavy atom. The minimum atomic E-state index is -0.283. The molecule has 2 heterocycles. The van der Waals surface area contributed by atoms with Crippen LogP contribution in [0.15, 0.2) is 59.1 Å². The van der Waals surface area contributed by atoms with Gasteiger partial charge in [0.25, 0.3) is 0 Å². The van der Waals surface area contributed by atoms with Crippen LogP contribution in [-0.2, 0) is 24.2 Å². The van der Waals surface area contributed by atoms with Crippen molar-refractivity contribution in [3.63, 3.8) is 0 Å². The second-order valence-corrected chi connectivity index (χ2v) is 6.17. The van der Waals surface area contributed by atoms with E-state index in [1.807, 2.05) is 35.2 Å². The number of benzene rings is 2. The van der Waals surface area contributed by atoms with Gasteiger partial charge in [-0.2, -0.15) is 0 Å². The van der Waals surface area contributed by atoms with Gasteiger partial charge in [-0.3, -0.25) is 4.79 Å². The standard InChI is InChI=1S/C20H17FN2O2/c21-16-8-6-15(7-9-16)20-17-10-11-23(13-18(17)22-25-20)19(24)12-14-4-2-1-3-5-14/h1-9H,10-13H2. The predicted molar refractivity (Wildman–Crippen MR) is 91.2 cm³/mol. The highest BCUT2D eigenvalue weighted by molar-refractivity contribution is 5.79. The first-order valence-corrected chi connectivity index (χ1v) is 8.26. The Bertz CT molecular complexity index is 888. The molecule has 25 heavy (non-hydrogen) atoms. The molecule has 1 aromatic heterocycles. The van der Waals surface area contributed by atoms with E-state index in [1.165, 1.54) is 12.1 Å². The summed E-state index contributed by atoms with van der Waals surface area (Å²) in [5, 5.41) is 4.13. The third-order valence-corrected chi connectivity index (χ3v) is 4.50. The smallest absolute Gasteiger partial charge is 0.227 e. The number of carbonyl (C=O) groups excluding carboxylic acids is 1. The van der Waals surface area contributed by atoms with E-state index < -0.39 is 0 Å². The number of aromatic nitrogens is 1. The van der Waals surface area contributed by atoms with Crippen molar-refractivity contribution in [1.82, 2.24) is 10.1 Å². The molecule has 126 valence electrons. The van der Waals surface area contributed by atoms with Crippen LogP contribution in [0.1, 0.15) is 16.8 Å². The quantitative estimate of drug-likeness (QED) is 0.734. The number of hydrogen-bond acceptors (Lipinski definition) is 3. The van der Waals surface area contributed by atoms with Crippen LogP contribution in [0, 0.1) is 5.82 Å². The topological polar surface area (TPSA) is 46.3 Å². The van der Waals surface area contributed by atoms with Crippen LogP contribution in [0.3, 0.4) is 0 Å². The van der Waals surface area contributed by atoms with Crippen molar-refractivity contribution >= 4 is 5.91 Å². The van der Waals surface area contributed by atoms with E-state index in [-0.39, 0.29) is 11.7 Å². The fraction of sp³-hybridized carbons (Fsp3) is 0.200. The maximum absolute atomic E-state index is 13.1. The Morgan fingerprint density at radius 2 is 1.88 bits per heavy atom. The first kappa shape index (κ1) is 15.6. The molecule has 0 saturated heterocycles. The maximum atomic E-state index is 13.1. The molecule has 0 spiro atoms. The van der Waals surface area contributed by atoms with Crippen LogP contribution in [0.5, 0.6) is 0 Å². The average Bonchev–Trinajstić information content (AvgIpc) is 3.06. The summed E-state index contributed by atoms with van der Waals surface area (Å²) in [6.07, 6.45) is 1.07. The zero-order valence-corrected chi connectivity index (χ0v) is 13.6. The van der Waals surface area contributed by atoms with E-state index in [9.17, 15) is 9.18 Å². The third kappa shape index (κ3) is 3.18. The zero-order valence-electron chi connectivity index (χ0n) is 13.6. The van der Waals surface area contributed by atoms with Crippen molar-refractivity contribution in [2.45, 2.75) is 19.4 Å². The van der Waals surface area contributed by atoms with Gasteiger partial charge in [0, 0.05) is 17.7 Å². The van der Waals surface area contributed by atoms with Crippen LogP contribution >= 0.6 is 0 Å². The summed E-state index contributed by atoms with van der Waals surface area (Å²) in [5.74, 6) is 0.475. The molecule has 0 unspecified atom stereocenters. The lowest BCUT2D eigenvalue weighted by atomic mass is 10.00. The number of amides is 1. The molecule has 4 nitrogen and oxygen atoms in total. The number of nitrogens with zero attached hydrogens (tertiary/aromatic N) is 2.